The summed E-state index contributed by atoms with van der Waals surface area (Å²) in [7, 11) is 0. The van der Waals surface area contributed by atoms with Crippen LogP contribution in [0.15, 0.2) is 0 Å². The van der Waals surface area contributed by atoms with Gasteiger partial charge in [-0.15, -0.1) is 0 Å². The van der Waals surface area contributed by atoms with Crippen molar-refractivity contribution in [1.29, 1.82) is 0 Å². The van der Waals surface area contributed by atoms with E-state index < -0.39 is 12.7 Å². The van der Waals surface area contributed by atoms with Gasteiger partial charge >= 0.3 is 6.18 Å². The topological polar surface area (TPSA) is 3.24 Å². The maximum atomic E-state index is 11.9. The summed E-state index contributed by atoms with van der Waals surface area (Å²) >= 11 is 0. The van der Waals surface area contributed by atoms with E-state index in [1.807, 2.05) is 13.8 Å². The summed E-state index contributed by atoms with van der Waals surface area (Å²) in [5.74, 6) is 0.592. The van der Waals surface area contributed by atoms with E-state index in [9.17, 15) is 13.2 Å². The van der Waals surface area contributed by atoms with E-state index in [2.05, 4.69) is 6.92 Å². The number of hydrogen-bond donors (Lipinski definition) is 0. The van der Waals surface area contributed by atoms with Crippen molar-refractivity contribution in [3.63, 3.8) is 0 Å². The van der Waals surface area contributed by atoms with E-state index in [1.165, 1.54) is 4.90 Å². The number of alkyl halides is 3. The molecule has 1 saturated heterocycles. The Morgan fingerprint density at radius 1 is 1.14 bits per heavy atom. The highest BCUT2D eigenvalue weighted by atomic mass is 19.4. The zero-order valence-corrected chi connectivity index (χ0v) is 9.19. The fraction of sp³-hybridized carbons (Fsp3) is 1.00. The van der Waals surface area contributed by atoms with Crippen LogP contribution in [0.2, 0.25) is 0 Å². The Morgan fingerprint density at radius 3 is 1.93 bits per heavy atom. The summed E-state index contributed by atoms with van der Waals surface area (Å²) in [4.78, 5) is 1.49. The van der Waals surface area contributed by atoms with Crippen LogP contribution in [-0.2, 0) is 0 Å². The molecule has 1 rings (SSSR count). The minimum absolute atomic E-state index is 0.592. The molecule has 0 radical (unpaired) electrons. The van der Waals surface area contributed by atoms with Crippen LogP contribution in [0, 0.1) is 5.92 Å². The molecule has 0 amide bonds. The first-order valence-corrected chi connectivity index (χ1v) is 5.26. The fourth-order valence-corrected chi connectivity index (χ4v) is 1.47. The molecular formula is C10H20F3N. The van der Waals surface area contributed by atoms with Gasteiger partial charge in [0.15, 0.2) is 0 Å². The highest BCUT2D eigenvalue weighted by Gasteiger charge is 2.31. The number of nitrogens with zero attached hydrogens (tertiary/aromatic N) is 1. The molecule has 0 N–H and O–H groups in total. The minimum atomic E-state index is -4.03. The van der Waals surface area contributed by atoms with Crippen LogP contribution in [0.5, 0.6) is 0 Å². The van der Waals surface area contributed by atoms with Gasteiger partial charge in [-0.05, 0) is 31.8 Å². The Balaban J connectivity index is 0.000000791. The first-order valence-electron chi connectivity index (χ1n) is 5.26. The van der Waals surface area contributed by atoms with Gasteiger partial charge in [-0.3, -0.25) is 4.90 Å². The zero-order valence-electron chi connectivity index (χ0n) is 9.19. The van der Waals surface area contributed by atoms with Gasteiger partial charge in [0.05, 0.1) is 6.54 Å². The lowest BCUT2D eigenvalue weighted by Gasteiger charge is -2.30. The average Bonchev–Trinajstić information content (AvgIpc) is 2.10. The zero-order chi connectivity index (χ0) is 11.2. The van der Waals surface area contributed by atoms with Gasteiger partial charge < -0.3 is 0 Å². The van der Waals surface area contributed by atoms with Crippen LogP contribution < -0.4 is 0 Å². The molecule has 1 aliphatic heterocycles. The maximum absolute atomic E-state index is 11.9. The molecule has 0 spiro atoms. The quantitative estimate of drug-likeness (QED) is 0.643. The molecule has 0 atom stereocenters. The molecule has 1 nitrogen and oxygen atoms in total. The van der Waals surface area contributed by atoms with Gasteiger partial charge in [-0.25, -0.2) is 0 Å². The Bertz CT molecular complexity index is 137. The molecule has 0 bridgehead atoms. The molecule has 1 fully saturated rings. The SMILES string of the molecule is CC.CC1CCN(CC(F)(F)F)CC1. The van der Waals surface area contributed by atoms with Crippen molar-refractivity contribution in [2.45, 2.75) is 39.8 Å². The van der Waals surface area contributed by atoms with Crippen LogP contribution in [-0.4, -0.2) is 30.7 Å². The van der Waals surface area contributed by atoms with Gasteiger partial charge in [0.1, 0.15) is 0 Å². The standard InChI is InChI=1S/C8H14F3N.C2H6/c1-7-2-4-12(5-3-7)6-8(9,10)11;1-2/h7H,2-6H2,1H3;1-2H3. The lowest BCUT2D eigenvalue weighted by atomic mass is 9.99. The third kappa shape index (κ3) is 6.24. The summed E-state index contributed by atoms with van der Waals surface area (Å²) in [5.41, 5.74) is 0. The second-order valence-corrected chi connectivity index (χ2v) is 3.57. The first kappa shape index (κ1) is 13.8. The Labute approximate surface area is 84.3 Å². The minimum Gasteiger partial charge on any atom is -0.295 e. The van der Waals surface area contributed by atoms with Crippen molar-refractivity contribution in [2.75, 3.05) is 19.6 Å². The second-order valence-electron chi connectivity index (χ2n) is 3.57. The first-order chi connectivity index (χ1) is 6.47. The van der Waals surface area contributed by atoms with Crippen molar-refractivity contribution in [2.24, 2.45) is 5.92 Å². The molecule has 0 aromatic carbocycles. The molecule has 1 heterocycles. The Kier molecular flexibility index (Phi) is 6.16. The van der Waals surface area contributed by atoms with Gasteiger partial charge in [-0.1, -0.05) is 20.8 Å². The van der Waals surface area contributed by atoms with Crippen LogP contribution >= 0.6 is 0 Å². The number of rotatable bonds is 1. The Hall–Kier alpha value is -0.250. The maximum Gasteiger partial charge on any atom is 0.401 e. The highest BCUT2D eigenvalue weighted by molar-refractivity contribution is 4.71. The highest BCUT2D eigenvalue weighted by Crippen LogP contribution is 2.21. The van der Waals surface area contributed by atoms with Crippen LogP contribution in [0.25, 0.3) is 0 Å². The van der Waals surface area contributed by atoms with E-state index in [-0.39, 0.29) is 0 Å². The fourth-order valence-electron chi connectivity index (χ4n) is 1.47. The van der Waals surface area contributed by atoms with E-state index in [0.717, 1.165) is 12.8 Å². The number of halogens is 3. The van der Waals surface area contributed by atoms with Crippen LogP contribution in [0.4, 0.5) is 13.2 Å². The van der Waals surface area contributed by atoms with Crippen molar-refractivity contribution >= 4 is 0 Å². The molecule has 14 heavy (non-hydrogen) atoms. The monoisotopic (exact) mass is 211 g/mol. The predicted molar refractivity (Wildman–Crippen MR) is 52.2 cm³/mol. The van der Waals surface area contributed by atoms with Crippen molar-refractivity contribution in [1.82, 2.24) is 4.90 Å². The van der Waals surface area contributed by atoms with E-state index in [0.29, 0.717) is 19.0 Å². The number of hydrogen-bond acceptors (Lipinski definition) is 1. The number of likely N-dealkylation sites (tertiary alicyclic amines) is 1. The van der Waals surface area contributed by atoms with Crippen LogP contribution in [0.3, 0.4) is 0 Å². The lowest BCUT2D eigenvalue weighted by molar-refractivity contribution is -0.148. The Morgan fingerprint density at radius 2 is 1.57 bits per heavy atom. The second kappa shape index (κ2) is 6.27. The smallest absolute Gasteiger partial charge is 0.295 e. The van der Waals surface area contributed by atoms with Gasteiger partial charge in [0.25, 0.3) is 0 Å². The summed E-state index contributed by atoms with van der Waals surface area (Å²) in [5, 5.41) is 0. The third-order valence-electron chi connectivity index (χ3n) is 2.28. The summed E-state index contributed by atoms with van der Waals surface area (Å²) < 4.78 is 35.7. The molecule has 0 unspecified atom stereocenters. The van der Waals surface area contributed by atoms with Gasteiger partial charge in [-0.2, -0.15) is 13.2 Å². The van der Waals surface area contributed by atoms with E-state index >= 15 is 0 Å². The van der Waals surface area contributed by atoms with Crippen molar-refractivity contribution < 1.29 is 13.2 Å². The molecule has 0 aliphatic carbocycles. The molecule has 86 valence electrons. The number of piperidine rings is 1. The van der Waals surface area contributed by atoms with E-state index in [1.54, 1.807) is 0 Å². The van der Waals surface area contributed by atoms with Crippen LogP contribution in [0.1, 0.15) is 33.6 Å². The lowest BCUT2D eigenvalue weighted by Crippen LogP contribution is -2.39. The average molecular weight is 211 g/mol. The molecule has 0 saturated carbocycles. The summed E-state index contributed by atoms with van der Waals surface area (Å²) in [6.07, 6.45) is -2.23. The molecular weight excluding hydrogens is 191 g/mol. The molecule has 4 heteroatoms. The normalized spacial score (nSPS) is 20.1. The van der Waals surface area contributed by atoms with Gasteiger partial charge in [0, 0.05) is 0 Å². The third-order valence-corrected chi connectivity index (χ3v) is 2.28. The molecule has 0 aromatic heterocycles. The van der Waals surface area contributed by atoms with Gasteiger partial charge in [0.2, 0.25) is 0 Å². The summed E-state index contributed by atoms with van der Waals surface area (Å²) in [6, 6.07) is 0. The molecule has 1 aliphatic rings. The largest absolute Gasteiger partial charge is 0.401 e. The van der Waals surface area contributed by atoms with Crippen molar-refractivity contribution in [3.8, 4) is 0 Å². The summed E-state index contributed by atoms with van der Waals surface area (Å²) in [6.45, 7) is 6.55. The predicted octanol–water partition coefficient (Wildman–Crippen LogP) is 3.31. The molecule has 0 aromatic rings. The van der Waals surface area contributed by atoms with Crippen molar-refractivity contribution in [3.05, 3.63) is 0 Å². The van der Waals surface area contributed by atoms with E-state index in [4.69, 9.17) is 0 Å².